The number of anilines is 1. The largest absolute Gasteiger partial charge is 0.465 e. The summed E-state index contributed by atoms with van der Waals surface area (Å²) >= 11 is 0. The smallest absolute Gasteiger partial charge is 0.338 e. The highest BCUT2D eigenvalue weighted by Gasteiger charge is 2.21. The van der Waals surface area contributed by atoms with Crippen molar-refractivity contribution >= 4 is 17.4 Å². The molecular formula is C17H21N5O2. The first kappa shape index (κ1) is 16.0. The maximum Gasteiger partial charge on any atom is 0.338 e. The Morgan fingerprint density at radius 3 is 2.67 bits per heavy atom. The van der Waals surface area contributed by atoms with Crippen molar-refractivity contribution in [2.45, 2.75) is 33.2 Å². The van der Waals surface area contributed by atoms with E-state index in [-0.39, 0.29) is 11.5 Å². The predicted molar refractivity (Wildman–Crippen MR) is 92.2 cm³/mol. The number of fused-ring (bicyclic) bond motifs is 1. The Bertz CT molecular complexity index is 901. The van der Waals surface area contributed by atoms with E-state index in [1.54, 1.807) is 12.1 Å². The molecule has 24 heavy (non-hydrogen) atoms. The summed E-state index contributed by atoms with van der Waals surface area (Å²) in [4.78, 5) is 24.0. The second-order valence-electron chi connectivity index (χ2n) is 6.69. The van der Waals surface area contributed by atoms with E-state index in [4.69, 9.17) is 4.74 Å². The highest BCUT2D eigenvalue weighted by molar-refractivity contribution is 5.91. The van der Waals surface area contributed by atoms with Crippen LogP contribution in [0, 0.1) is 6.92 Å². The van der Waals surface area contributed by atoms with Gasteiger partial charge in [0.2, 0.25) is 0 Å². The molecule has 3 aromatic heterocycles. The zero-order valence-corrected chi connectivity index (χ0v) is 14.5. The number of aromatic nitrogens is 4. The summed E-state index contributed by atoms with van der Waals surface area (Å²) in [7, 11) is 1.36. The summed E-state index contributed by atoms with van der Waals surface area (Å²) in [6, 6.07) is 3.43. The van der Waals surface area contributed by atoms with Gasteiger partial charge in [-0.3, -0.25) is 4.40 Å². The molecule has 0 saturated carbocycles. The summed E-state index contributed by atoms with van der Waals surface area (Å²) in [5.74, 6) is 1.27. The van der Waals surface area contributed by atoms with Crippen LogP contribution in [0.5, 0.6) is 0 Å². The van der Waals surface area contributed by atoms with Gasteiger partial charge >= 0.3 is 5.97 Å². The molecule has 0 fully saturated rings. The molecule has 0 aliphatic carbocycles. The number of aromatic amines is 1. The number of carbonyl (C=O) groups excluding carboxylic acids is 1. The number of rotatable bonds is 3. The molecule has 0 spiro atoms. The molecule has 7 heteroatoms. The molecule has 0 bridgehead atoms. The Morgan fingerprint density at radius 2 is 2.08 bits per heavy atom. The number of nitrogens with zero attached hydrogens (tertiary/aromatic N) is 3. The van der Waals surface area contributed by atoms with Crippen LogP contribution in [0.25, 0.3) is 17.0 Å². The number of hydrogen-bond donors (Lipinski definition) is 2. The summed E-state index contributed by atoms with van der Waals surface area (Å²) in [5, 5.41) is 3.47. The van der Waals surface area contributed by atoms with Crippen LogP contribution in [0.4, 0.5) is 5.82 Å². The Labute approximate surface area is 140 Å². The molecule has 7 nitrogen and oxygen atoms in total. The zero-order chi connectivity index (χ0) is 17.5. The highest BCUT2D eigenvalue weighted by Crippen LogP contribution is 2.30. The standard InChI is InChI=1S/C17H21N5O2/c1-10-18-9-12(19-10)14-15(21-17(2,3)4)22-7-6-11(16(23)24-5)8-13(22)20-14/h6-9,21H,1-5H3,(H,18,19). The van der Waals surface area contributed by atoms with Crippen LogP contribution in [0.3, 0.4) is 0 Å². The molecule has 0 radical (unpaired) electrons. The minimum atomic E-state index is -0.386. The van der Waals surface area contributed by atoms with Crippen molar-refractivity contribution in [3.8, 4) is 11.4 Å². The van der Waals surface area contributed by atoms with Gasteiger partial charge in [0.05, 0.1) is 12.7 Å². The number of carbonyl (C=O) groups is 1. The zero-order valence-electron chi connectivity index (χ0n) is 14.5. The van der Waals surface area contributed by atoms with Crippen LogP contribution < -0.4 is 5.32 Å². The fourth-order valence-electron chi connectivity index (χ4n) is 2.48. The Morgan fingerprint density at radius 1 is 1.33 bits per heavy atom. The minimum Gasteiger partial charge on any atom is -0.465 e. The third-order valence-electron chi connectivity index (χ3n) is 3.49. The van der Waals surface area contributed by atoms with E-state index in [1.807, 2.05) is 23.7 Å². The lowest BCUT2D eigenvalue weighted by Crippen LogP contribution is -2.27. The van der Waals surface area contributed by atoms with Crippen molar-refractivity contribution in [1.29, 1.82) is 0 Å². The molecule has 0 aromatic carbocycles. The van der Waals surface area contributed by atoms with E-state index in [0.717, 1.165) is 23.0 Å². The van der Waals surface area contributed by atoms with Crippen molar-refractivity contribution in [2.75, 3.05) is 12.4 Å². The van der Waals surface area contributed by atoms with Gasteiger partial charge in [0, 0.05) is 17.9 Å². The molecule has 2 N–H and O–H groups in total. The molecule has 0 atom stereocenters. The van der Waals surface area contributed by atoms with Gasteiger partial charge in [-0.05, 0) is 39.8 Å². The van der Waals surface area contributed by atoms with E-state index in [9.17, 15) is 4.79 Å². The van der Waals surface area contributed by atoms with Gasteiger partial charge in [-0.15, -0.1) is 0 Å². The molecule has 0 aliphatic rings. The Hall–Kier alpha value is -2.83. The third-order valence-corrected chi connectivity index (χ3v) is 3.49. The molecule has 3 rings (SSSR count). The number of imidazole rings is 2. The molecule has 0 unspecified atom stereocenters. The fourth-order valence-corrected chi connectivity index (χ4v) is 2.48. The summed E-state index contributed by atoms with van der Waals surface area (Å²) in [6.07, 6.45) is 3.64. The van der Waals surface area contributed by atoms with Crippen molar-refractivity contribution < 1.29 is 9.53 Å². The van der Waals surface area contributed by atoms with Gasteiger partial charge in [-0.2, -0.15) is 0 Å². The van der Waals surface area contributed by atoms with Gasteiger partial charge in [-0.1, -0.05) is 0 Å². The van der Waals surface area contributed by atoms with E-state index in [0.29, 0.717) is 11.2 Å². The SMILES string of the molecule is COC(=O)c1ccn2c(NC(C)(C)C)c(-c3c[nH]c(C)n3)nc2c1. The number of pyridine rings is 1. The Kier molecular flexibility index (Phi) is 3.79. The van der Waals surface area contributed by atoms with Crippen LogP contribution in [-0.2, 0) is 4.74 Å². The highest BCUT2D eigenvalue weighted by atomic mass is 16.5. The van der Waals surface area contributed by atoms with Crippen LogP contribution in [-0.4, -0.2) is 38.0 Å². The van der Waals surface area contributed by atoms with E-state index in [2.05, 4.69) is 41.0 Å². The van der Waals surface area contributed by atoms with Gasteiger partial charge in [0.25, 0.3) is 0 Å². The van der Waals surface area contributed by atoms with Gasteiger partial charge in [0.15, 0.2) is 0 Å². The number of methoxy groups -OCH3 is 1. The lowest BCUT2D eigenvalue weighted by Gasteiger charge is -2.22. The number of hydrogen-bond acceptors (Lipinski definition) is 5. The lowest BCUT2D eigenvalue weighted by molar-refractivity contribution is 0.0600. The van der Waals surface area contributed by atoms with E-state index >= 15 is 0 Å². The summed E-state index contributed by atoms with van der Waals surface area (Å²) in [6.45, 7) is 8.13. The van der Waals surface area contributed by atoms with Crippen molar-refractivity contribution in [2.24, 2.45) is 0 Å². The second-order valence-corrected chi connectivity index (χ2v) is 6.69. The van der Waals surface area contributed by atoms with E-state index < -0.39 is 0 Å². The van der Waals surface area contributed by atoms with Gasteiger partial charge < -0.3 is 15.0 Å². The topological polar surface area (TPSA) is 84.3 Å². The number of esters is 1. The average Bonchev–Trinajstić information content (AvgIpc) is 3.08. The maximum atomic E-state index is 11.8. The Balaban J connectivity index is 2.20. The third kappa shape index (κ3) is 2.97. The molecule has 0 amide bonds. The van der Waals surface area contributed by atoms with Crippen LogP contribution >= 0.6 is 0 Å². The van der Waals surface area contributed by atoms with E-state index in [1.165, 1.54) is 7.11 Å². The number of H-pyrrole nitrogens is 1. The van der Waals surface area contributed by atoms with Crippen molar-refractivity contribution in [3.63, 3.8) is 0 Å². The summed E-state index contributed by atoms with van der Waals surface area (Å²) in [5.41, 5.74) is 2.44. The van der Waals surface area contributed by atoms with Crippen LogP contribution in [0.2, 0.25) is 0 Å². The molecule has 3 aromatic rings. The normalized spacial score (nSPS) is 11.7. The number of nitrogens with one attached hydrogen (secondary N) is 2. The first-order valence-electron chi connectivity index (χ1n) is 7.69. The molecule has 126 valence electrons. The summed E-state index contributed by atoms with van der Waals surface area (Å²) < 4.78 is 6.70. The van der Waals surface area contributed by atoms with Gasteiger partial charge in [-0.25, -0.2) is 14.8 Å². The van der Waals surface area contributed by atoms with Crippen LogP contribution in [0.1, 0.15) is 37.0 Å². The predicted octanol–water partition coefficient (Wildman–Crippen LogP) is 3.03. The second kappa shape index (κ2) is 5.67. The molecule has 0 aliphatic heterocycles. The van der Waals surface area contributed by atoms with Crippen molar-refractivity contribution in [3.05, 3.63) is 35.9 Å². The first-order valence-corrected chi connectivity index (χ1v) is 7.69. The van der Waals surface area contributed by atoms with Crippen molar-refractivity contribution in [1.82, 2.24) is 19.4 Å². The fraction of sp³-hybridized carbons (Fsp3) is 0.353. The molecular weight excluding hydrogens is 306 g/mol. The quantitative estimate of drug-likeness (QED) is 0.722. The molecule has 3 heterocycles. The van der Waals surface area contributed by atoms with Crippen LogP contribution in [0.15, 0.2) is 24.5 Å². The van der Waals surface area contributed by atoms with Gasteiger partial charge in [0.1, 0.15) is 28.7 Å². The first-order chi connectivity index (χ1) is 11.3. The maximum absolute atomic E-state index is 11.8. The monoisotopic (exact) mass is 327 g/mol. The molecule has 0 saturated heterocycles. The lowest BCUT2D eigenvalue weighted by atomic mass is 10.1. The number of aryl methyl sites for hydroxylation is 1. The minimum absolute atomic E-state index is 0.156. The average molecular weight is 327 g/mol. The number of ether oxygens (including phenoxy) is 1.